The van der Waals surface area contributed by atoms with Crippen molar-refractivity contribution in [2.24, 2.45) is 5.73 Å². The smallest absolute Gasteiger partial charge is 0.348 e. The van der Waals surface area contributed by atoms with E-state index in [1.165, 1.54) is 10.1 Å². The number of fused-ring (bicyclic) bond motifs is 1. The predicted molar refractivity (Wildman–Crippen MR) is 172 cm³/mol. The van der Waals surface area contributed by atoms with Crippen LogP contribution in [0.5, 0.6) is 0 Å². The number of aryl methyl sites for hydroxylation is 1. The molecule has 6 N–H and O–H groups in total. The zero-order valence-electron chi connectivity index (χ0n) is 24.7. The summed E-state index contributed by atoms with van der Waals surface area (Å²) in [5.41, 5.74) is 9.57. The number of piperidine rings is 1. The maximum Gasteiger partial charge on any atom is 0.354 e. The second kappa shape index (κ2) is 13.4. The number of benzene rings is 2. The highest BCUT2D eigenvalue weighted by atomic mass is 35.5. The molecule has 0 radical (unpaired) electrons. The first-order chi connectivity index (χ1) is 21.3. The summed E-state index contributed by atoms with van der Waals surface area (Å²) in [6.45, 7) is 3.55. The van der Waals surface area contributed by atoms with Gasteiger partial charge >= 0.3 is 5.69 Å². The molecular formula is C33H38ClFN8O. The standard InChI is InChI=1S/C33H38ClFN8O/c1-20(36)4-2-5-21-14-26(31(35)27(34)15-21)29-16-23-19-43(33(44)42-32(23)41-29)25-10-8-22(9-11-25)28-7-3-6-24(40-28)17-37-18-30-38-12-13-39-30/h8-16,19-20,24,28,37,40H,2-7,17-18,36H2,1H3,(H,38,39)(H,41,42,44)/t20-,24-,28-/m0/s1. The van der Waals surface area contributed by atoms with Crippen LogP contribution in [0.4, 0.5) is 4.39 Å². The molecule has 1 aliphatic heterocycles. The van der Waals surface area contributed by atoms with Crippen molar-refractivity contribution < 1.29 is 4.39 Å². The number of nitrogens with two attached hydrogens (primary N) is 1. The molecule has 0 spiro atoms. The molecule has 0 unspecified atom stereocenters. The number of H-pyrrole nitrogens is 2. The Bertz CT molecular complexity index is 1760. The summed E-state index contributed by atoms with van der Waals surface area (Å²) in [6, 6.07) is 14.0. The van der Waals surface area contributed by atoms with Gasteiger partial charge in [0.05, 0.1) is 22.9 Å². The van der Waals surface area contributed by atoms with Gasteiger partial charge in [0.2, 0.25) is 0 Å². The van der Waals surface area contributed by atoms with Gasteiger partial charge in [0.15, 0.2) is 5.82 Å². The molecule has 4 heterocycles. The summed E-state index contributed by atoms with van der Waals surface area (Å²) < 4.78 is 16.7. The molecule has 0 saturated carbocycles. The second-order valence-electron chi connectivity index (χ2n) is 11.8. The van der Waals surface area contributed by atoms with Gasteiger partial charge in [-0.15, -0.1) is 0 Å². The molecule has 3 atom stereocenters. The molecule has 1 aliphatic rings. The largest absolute Gasteiger partial charge is 0.354 e. The number of imidazole rings is 1. The first-order valence-electron chi connectivity index (χ1n) is 15.3. The number of halogens is 2. The van der Waals surface area contributed by atoms with Gasteiger partial charge in [-0.3, -0.25) is 4.57 Å². The molecule has 3 aromatic heterocycles. The lowest BCUT2D eigenvalue weighted by molar-refractivity contribution is 0.314. The summed E-state index contributed by atoms with van der Waals surface area (Å²) in [4.78, 5) is 27.8. The van der Waals surface area contributed by atoms with E-state index >= 15 is 4.39 Å². The third kappa shape index (κ3) is 6.94. The van der Waals surface area contributed by atoms with E-state index in [1.807, 2.05) is 25.3 Å². The average Bonchev–Trinajstić information content (AvgIpc) is 3.68. The van der Waals surface area contributed by atoms with Crippen molar-refractivity contribution in [1.82, 2.24) is 35.1 Å². The first-order valence-corrected chi connectivity index (χ1v) is 15.6. The van der Waals surface area contributed by atoms with E-state index in [1.54, 1.807) is 30.6 Å². The third-order valence-corrected chi connectivity index (χ3v) is 8.58. The molecule has 230 valence electrons. The van der Waals surface area contributed by atoms with Crippen molar-refractivity contribution >= 4 is 22.6 Å². The zero-order valence-corrected chi connectivity index (χ0v) is 25.5. The van der Waals surface area contributed by atoms with Crippen LogP contribution in [0.25, 0.3) is 28.0 Å². The Kier molecular flexibility index (Phi) is 9.22. The molecule has 6 rings (SSSR count). The van der Waals surface area contributed by atoms with Crippen molar-refractivity contribution in [1.29, 1.82) is 0 Å². The van der Waals surface area contributed by atoms with Gasteiger partial charge < -0.3 is 26.3 Å². The molecule has 9 nitrogen and oxygen atoms in total. The number of nitrogens with one attached hydrogen (secondary N) is 4. The Morgan fingerprint density at radius 3 is 2.82 bits per heavy atom. The number of hydrogen-bond acceptors (Lipinski definition) is 6. The molecule has 1 saturated heterocycles. The summed E-state index contributed by atoms with van der Waals surface area (Å²) in [7, 11) is 0. The lowest BCUT2D eigenvalue weighted by Gasteiger charge is -2.31. The topological polar surface area (TPSA) is 129 Å². The molecule has 2 aromatic carbocycles. The van der Waals surface area contributed by atoms with E-state index in [4.69, 9.17) is 17.3 Å². The van der Waals surface area contributed by atoms with Crippen LogP contribution in [-0.4, -0.2) is 43.1 Å². The van der Waals surface area contributed by atoms with Crippen molar-refractivity contribution in [3.05, 3.63) is 99.3 Å². The Balaban J connectivity index is 1.17. The number of nitrogens with zero attached hydrogens (tertiary/aromatic N) is 3. The fourth-order valence-corrected chi connectivity index (χ4v) is 6.25. The molecule has 11 heteroatoms. The maximum atomic E-state index is 15.1. The van der Waals surface area contributed by atoms with Crippen LogP contribution in [0.15, 0.2) is 65.8 Å². The highest BCUT2D eigenvalue weighted by molar-refractivity contribution is 6.31. The summed E-state index contributed by atoms with van der Waals surface area (Å²) in [5.74, 6) is 0.424. The molecular weight excluding hydrogens is 579 g/mol. The molecule has 5 aromatic rings. The van der Waals surface area contributed by atoms with E-state index in [0.29, 0.717) is 40.6 Å². The summed E-state index contributed by atoms with van der Waals surface area (Å²) >= 11 is 6.26. The van der Waals surface area contributed by atoms with Gasteiger partial charge in [-0.1, -0.05) is 23.7 Å². The van der Waals surface area contributed by atoms with Crippen LogP contribution < -0.4 is 22.1 Å². The minimum Gasteiger partial charge on any atom is -0.348 e. The minimum absolute atomic E-state index is 0.0634. The Labute approximate surface area is 260 Å². The van der Waals surface area contributed by atoms with E-state index in [2.05, 4.69) is 42.7 Å². The summed E-state index contributed by atoms with van der Waals surface area (Å²) in [6.07, 6.45) is 11.1. The van der Waals surface area contributed by atoms with Gasteiger partial charge in [0, 0.05) is 54.2 Å². The van der Waals surface area contributed by atoms with Gasteiger partial charge in [0.25, 0.3) is 0 Å². The SMILES string of the molecule is C[C@H](N)CCCc1cc(Cl)c(F)c(-c2cc3cn(-c4ccc([C@@H]5CCC[C@@H](CNCc6ncc[nH]6)N5)cc4)c(=O)nc3[nH]2)c1. The van der Waals surface area contributed by atoms with E-state index in [0.717, 1.165) is 56.5 Å². The fraction of sp³-hybridized carbons (Fsp3) is 0.364. The predicted octanol–water partition coefficient (Wildman–Crippen LogP) is 5.54. The van der Waals surface area contributed by atoms with Gasteiger partial charge in [-0.25, -0.2) is 14.2 Å². The van der Waals surface area contributed by atoms with E-state index < -0.39 is 11.5 Å². The lowest BCUT2D eigenvalue weighted by Crippen LogP contribution is -2.43. The van der Waals surface area contributed by atoms with E-state index in [-0.39, 0.29) is 17.1 Å². The van der Waals surface area contributed by atoms with Crippen molar-refractivity contribution in [3.63, 3.8) is 0 Å². The Hall–Kier alpha value is -3.83. The molecule has 0 aliphatic carbocycles. The number of hydrogen-bond donors (Lipinski definition) is 5. The van der Waals surface area contributed by atoms with Crippen LogP contribution in [-0.2, 0) is 13.0 Å². The normalized spacial score (nSPS) is 17.7. The van der Waals surface area contributed by atoms with Crippen molar-refractivity contribution in [2.75, 3.05) is 6.54 Å². The molecule has 44 heavy (non-hydrogen) atoms. The first kappa shape index (κ1) is 30.2. The maximum absolute atomic E-state index is 15.1. The molecule has 0 bridgehead atoms. The van der Waals surface area contributed by atoms with Gasteiger partial charge in [0.1, 0.15) is 11.5 Å². The van der Waals surface area contributed by atoms with Crippen LogP contribution in [0.3, 0.4) is 0 Å². The second-order valence-corrected chi connectivity index (χ2v) is 12.2. The monoisotopic (exact) mass is 616 g/mol. The Morgan fingerprint density at radius 2 is 2.05 bits per heavy atom. The highest BCUT2D eigenvalue weighted by Gasteiger charge is 2.22. The molecule has 1 fully saturated rings. The van der Waals surface area contributed by atoms with Crippen LogP contribution in [0.2, 0.25) is 5.02 Å². The van der Waals surface area contributed by atoms with Crippen LogP contribution in [0, 0.1) is 5.82 Å². The third-order valence-electron chi connectivity index (χ3n) is 8.31. The number of aromatic nitrogens is 5. The van der Waals surface area contributed by atoms with Crippen LogP contribution >= 0.6 is 11.6 Å². The minimum atomic E-state index is -0.508. The lowest BCUT2D eigenvalue weighted by atomic mass is 9.93. The van der Waals surface area contributed by atoms with Crippen molar-refractivity contribution in [3.8, 4) is 16.9 Å². The molecule has 0 amide bonds. The quantitative estimate of drug-likeness (QED) is 0.133. The van der Waals surface area contributed by atoms with Crippen LogP contribution in [0.1, 0.15) is 62.0 Å². The van der Waals surface area contributed by atoms with Crippen molar-refractivity contribution in [2.45, 2.75) is 70.1 Å². The van der Waals surface area contributed by atoms with Gasteiger partial charge in [-0.2, -0.15) is 4.98 Å². The number of aromatic amines is 2. The summed E-state index contributed by atoms with van der Waals surface area (Å²) in [5, 5.41) is 8.00. The highest BCUT2D eigenvalue weighted by Crippen LogP contribution is 2.32. The fourth-order valence-electron chi connectivity index (χ4n) is 6.01. The zero-order chi connectivity index (χ0) is 30.6. The van der Waals surface area contributed by atoms with E-state index in [9.17, 15) is 4.79 Å². The Morgan fingerprint density at radius 1 is 1.20 bits per heavy atom. The van der Waals surface area contributed by atoms with Gasteiger partial charge in [-0.05, 0) is 86.9 Å². The average molecular weight is 617 g/mol. The number of rotatable bonds is 11.